The molecule has 1 saturated heterocycles. The fourth-order valence-corrected chi connectivity index (χ4v) is 5.14. The Kier molecular flexibility index (Phi) is 5.68. The topological polar surface area (TPSA) is 86.3 Å². The van der Waals surface area contributed by atoms with Crippen LogP contribution in [0.1, 0.15) is 11.1 Å². The number of rotatable bonds is 4. The fraction of sp³-hybridized carbons (Fsp3) is 0.227. The number of nitrogen functional groups attached to an aromatic ring is 1. The van der Waals surface area contributed by atoms with Crippen molar-refractivity contribution in [2.75, 3.05) is 36.8 Å². The minimum absolute atomic E-state index is 0.0907. The maximum absolute atomic E-state index is 15.7. The molecule has 1 aliphatic heterocycles. The van der Waals surface area contributed by atoms with E-state index in [4.69, 9.17) is 22.7 Å². The van der Waals surface area contributed by atoms with Gasteiger partial charge in [-0.2, -0.15) is 4.37 Å². The van der Waals surface area contributed by atoms with E-state index in [2.05, 4.69) is 15.9 Å². The number of nitrogens with one attached hydrogen (secondary N) is 1. The molecule has 9 heteroatoms. The summed E-state index contributed by atoms with van der Waals surface area (Å²) in [7, 11) is 0. The highest BCUT2D eigenvalue weighted by Gasteiger charge is 2.26. The van der Waals surface area contributed by atoms with Crippen LogP contribution in [0, 0.1) is 18.2 Å². The van der Waals surface area contributed by atoms with Gasteiger partial charge in [0.15, 0.2) is 5.82 Å². The normalized spacial score (nSPS) is 14.2. The first-order valence-corrected chi connectivity index (χ1v) is 10.9. The van der Waals surface area contributed by atoms with Gasteiger partial charge in [0.2, 0.25) is 5.91 Å². The highest BCUT2D eigenvalue weighted by Crippen LogP contribution is 2.43. The molecule has 2 heterocycles. The maximum Gasteiger partial charge on any atom is 0.246 e. The summed E-state index contributed by atoms with van der Waals surface area (Å²) in [5, 5.41) is 9.45. The lowest BCUT2D eigenvalue weighted by atomic mass is 9.93. The molecular formula is C22H21ClFN5OS. The second-order valence-corrected chi connectivity index (χ2v) is 8.51. The second kappa shape index (κ2) is 8.28. The number of nitrogens with two attached hydrogens (primary N) is 1. The Hall–Kier alpha value is -2.97. The van der Waals surface area contributed by atoms with Gasteiger partial charge in [0.05, 0.1) is 5.02 Å². The molecule has 3 aromatic rings. The molecule has 1 amide bonds. The van der Waals surface area contributed by atoms with Crippen molar-refractivity contribution in [3.63, 3.8) is 0 Å². The number of piperazine rings is 1. The Labute approximate surface area is 188 Å². The number of hydrogen-bond donors (Lipinski definition) is 2. The average molecular weight is 458 g/mol. The van der Waals surface area contributed by atoms with E-state index < -0.39 is 5.82 Å². The van der Waals surface area contributed by atoms with E-state index in [1.807, 2.05) is 6.92 Å². The third-order valence-corrected chi connectivity index (χ3v) is 6.80. The monoisotopic (exact) mass is 457 g/mol. The Morgan fingerprint density at radius 1 is 1.32 bits per heavy atom. The standard InChI is InChI=1S/C22H21ClFN5OS/c1-3-17(30)28-6-8-29(9-7-28)22-13-10-15(23)19(20(24)21(13)27-31-22)18-12(2)4-5-16(26)14(18)11-25/h3-5,10-11,25H,1,6-9,26H2,2H3. The molecule has 0 spiro atoms. The zero-order valence-electron chi connectivity index (χ0n) is 16.9. The number of anilines is 2. The minimum Gasteiger partial charge on any atom is -0.398 e. The first-order chi connectivity index (χ1) is 14.9. The lowest BCUT2D eigenvalue weighted by Gasteiger charge is -2.34. The smallest absolute Gasteiger partial charge is 0.246 e. The van der Waals surface area contributed by atoms with Crippen molar-refractivity contribution in [3.05, 3.63) is 52.8 Å². The Morgan fingerprint density at radius 2 is 2.03 bits per heavy atom. The number of carbonyl (C=O) groups excluding carboxylic acids is 1. The minimum atomic E-state index is -0.526. The van der Waals surface area contributed by atoms with Crippen LogP contribution in [0.2, 0.25) is 5.02 Å². The summed E-state index contributed by atoms with van der Waals surface area (Å²) in [5.74, 6) is -0.616. The molecule has 0 aliphatic carbocycles. The maximum atomic E-state index is 15.7. The van der Waals surface area contributed by atoms with Crippen LogP contribution < -0.4 is 10.6 Å². The molecule has 1 fully saturated rings. The van der Waals surface area contributed by atoms with Gasteiger partial charge in [-0.25, -0.2) is 4.39 Å². The number of aromatic nitrogens is 1. The highest BCUT2D eigenvalue weighted by atomic mass is 35.5. The van der Waals surface area contributed by atoms with Gasteiger partial charge in [-0.05, 0) is 47.8 Å². The number of halogens is 2. The largest absolute Gasteiger partial charge is 0.398 e. The summed E-state index contributed by atoms with van der Waals surface area (Å²) in [6, 6.07) is 5.21. The predicted molar refractivity (Wildman–Crippen MR) is 126 cm³/mol. The molecule has 160 valence electrons. The third-order valence-electron chi connectivity index (χ3n) is 5.58. The lowest BCUT2D eigenvalue weighted by molar-refractivity contribution is -0.126. The molecule has 3 N–H and O–H groups in total. The molecule has 4 rings (SSSR count). The van der Waals surface area contributed by atoms with E-state index in [0.29, 0.717) is 48.4 Å². The van der Waals surface area contributed by atoms with Crippen LogP contribution in [0.15, 0.2) is 30.9 Å². The highest BCUT2D eigenvalue weighted by molar-refractivity contribution is 7.11. The van der Waals surface area contributed by atoms with Crippen molar-refractivity contribution < 1.29 is 9.18 Å². The summed E-state index contributed by atoms with van der Waals surface area (Å²) in [5.41, 5.74) is 8.56. The first kappa shape index (κ1) is 21.3. The first-order valence-electron chi connectivity index (χ1n) is 9.71. The number of nitrogens with zero attached hydrogens (tertiary/aromatic N) is 3. The third kappa shape index (κ3) is 3.55. The molecule has 1 aromatic heterocycles. The molecule has 0 bridgehead atoms. The molecule has 0 saturated carbocycles. The van der Waals surface area contributed by atoms with Gasteiger partial charge in [0.25, 0.3) is 0 Å². The summed E-state index contributed by atoms with van der Waals surface area (Å²) >= 11 is 7.80. The van der Waals surface area contributed by atoms with E-state index in [-0.39, 0.29) is 22.0 Å². The van der Waals surface area contributed by atoms with Crippen molar-refractivity contribution >= 4 is 56.8 Å². The van der Waals surface area contributed by atoms with Crippen LogP contribution in [0.3, 0.4) is 0 Å². The van der Waals surface area contributed by atoms with E-state index in [1.54, 1.807) is 23.1 Å². The van der Waals surface area contributed by atoms with E-state index in [1.165, 1.54) is 17.6 Å². The van der Waals surface area contributed by atoms with Crippen molar-refractivity contribution in [1.82, 2.24) is 9.27 Å². The molecule has 31 heavy (non-hydrogen) atoms. The fourth-order valence-electron chi connectivity index (χ4n) is 3.95. The van der Waals surface area contributed by atoms with Crippen molar-refractivity contribution in [2.24, 2.45) is 0 Å². The Bertz CT molecular complexity index is 1220. The molecular weight excluding hydrogens is 437 g/mol. The van der Waals surface area contributed by atoms with E-state index in [0.717, 1.165) is 16.8 Å². The van der Waals surface area contributed by atoms with Crippen LogP contribution in [-0.4, -0.2) is 47.6 Å². The summed E-state index contributed by atoms with van der Waals surface area (Å²) in [4.78, 5) is 15.7. The van der Waals surface area contributed by atoms with Crippen LogP contribution >= 0.6 is 23.1 Å². The van der Waals surface area contributed by atoms with Crippen LogP contribution in [0.4, 0.5) is 15.1 Å². The molecule has 1 aliphatic rings. The number of aryl methyl sites for hydroxylation is 1. The molecule has 6 nitrogen and oxygen atoms in total. The van der Waals surface area contributed by atoms with Crippen molar-refractivity contribution in [3.8, 4) is 11.1 Å². The second-order valence-electron chi connectivity index (χ2n) is 7.35. The summed E-state index contributed by atoms with van der Waals surface area (Å²) < 4.78 is 20.1. The van der Waals surface area contributed by atoms with E-state index in [9.17, 15) is 4.79 Å². The van der Waals surface area contributed by atoms with Crippen molar-refractivity contribution in [2.45, 2.75) is 6.92 Å². The molecule has 2 aromatic carbocycles. The quantitative estimate of drug-likeness (QED) is 0.343. The lowest BCUT2D eigenvalue weighted by Crippen LogP contribution is -2.48. The number of carbonyl (C=O) groups is 1. The van der Waals surface area contributed by atoms with Gasteiger partial charge in [0.1, 0.15) is 10.5 Å². The zero-order valence-corrected chi connectivity index (χ0v) is 18.5. The van der Waals surface area contributed by atoms with Crippen LogP contribution in [0.25, 0.3) is 22.0 Å². The van der Waals surface area contributed by atoms with Gasteiger partial charge >= 0.3 is 0 Å². The van der Waals surface area contributed by atoms with Crippen LogP contribution in [0.5, 0.6) is 0 Å². The Balaban J connectivity index is 1.78. The number of amides is 1. The van der Waals surface area contributed by atoms with Gasteiger partial charge < -0.3 is 20.9 Å². The average Bonchev–Trinajstić information content (AvgIpc) is 3.19. The Morgan fingerprint density at radius 3 is 2.68 bits per heavy atom. The molecule has 0 radical (unpaired) electrons. The van der Waals surface area contributed by atoms with Gasteiger partial charge in [-0.15, -0.1) is 0 Å². The summed E-state index contributed by atoms with van der Waals surface area (Å²) in [6.07, 6.45) is 2.43. The van der Waals surface area contributed by atoms with Crippen molar-refractivity contribution in [1.29, 1.82) is 5.41 Å². The predicted octanol–water partition coefficient (Wildman–Crippen LogP) is 4.48. The van der Waals surface area contributed by atoms with E-state index >= 15 is 4.39 Å². The van der Waals surface area contributed by atoms with Gasteiger partial charge in [-0.3, -0.25) is 4.79 Å². The van der Waals surface area contributed by atoms with Gasteiger partial charge in [0, 0.05) is 54.6 Å². The number of fused-ring (bicyclic) bond motifs is 1. The SMILES string of the molecule is C=CC(=O)N1CCN(c2snc3c(F)c(-c4c(C)ccc(N)c4C=N)c(Cl)cc23)CC1. The number of benzene rings is 2. The van der Waals surface area contributed by atoms with Gasteiger partial charge in [-0.1, -0.05) is 24.2 Å². The van der Waals surface area contributed by atoms with Crippen LogP contribution in [-0.2, 0) is 4.79 Å². The molecule has 0 atom stereocenters. The number of hydrogen-bond acceptors (Lipinski definition) is 6. The zero-order chi connectivity index (χ0) is 22.3. The molecule has 0 unspecified atom stereocenters. The summed E-state index contributed by atoms with van der Waals surface area (Å²) in [6.45, 7) is 7.71.